The molecule has 1 aliphatic carbocycles. The van der Waals surface area contributed by atoms with Gasteiger partial charge < -0.3 is 9.30 Å². The van der Waals surface area contributed by atoms with Crippen LogP contribution in [0.15, 0.2) is 41.1 Å². The topological polar surface area (TPSA) is 82.8 Å². The van der Waals surface area contributed by atoms with Crippen molar-refractivity contribution in [2.45, 2.75) is 51.3 Å². The largest absolute Gasteiger partial charge is 0.396 e. The SMILES string of the molecule is CC[C@@H](C[C@@H](OC)c1ccc(=O)n(C)c1)c1nc(C2=C=CC(C(F)(F)F)C2)c2nc(C)cnc2n1. The molecule has 1 unspecified atom stereocenters. The van der Waals surface area contributed by atoms with Gasteiger partial charge in [-0.1, -0.05) is 6.92 Å². The van der Waals surface area contributed by atoms with E-state index in [-0.39, 0.29) is 24.0 Å². The summed E-state index contributed by atoms with van der Waals surface area (Å²) in [6, 6.07) is 3.22. The number of rotatable bonds is 7. The Labute approximate surface area is 200 Å². The summed E-state index contributed by atoms with van der Waals surface area (Å²) in [4.78, 5) is 30.0. The lowest BCUT2D eigenvalue weighted by molar-refractivity contribution is -0.158. The van der Waals surface area contributed by atoms with Crippen LogP contribution in [0.3, 0.4) is 0 Å². The lowest BCUT2D eigenvalue weighted by atomic mass is 9.94. The van der Waals surface area contributed by atoms with Gasteiger partial charge in [0.15, 0.2) is 5.65 Å². The van der Waals surface area contributed by atoms with E-state index in [0.717, 1.165) is 11.6 Å². The maximum Gasteiger partial charge on any atom is 0.396 e. The van der Waals surface area contributed by atoms with Crippen molar-refractivity contribution >= 4 is 16.7 Å². The van der Waals surface area contributed by atoms with Gasteiger partial charge in [0.1, 0.15) is 17.0 Å². The lowest BCUT2D eigenvalue weighted by Gasteiger charge is -2.22. The van der Waals surface area contributed by atoms with Gasteiger partial charge in [-0.3, -0.25) is 4.79 Å². The van der Waals surface area contributed by atoms with E-state index in [1.165, 1.54) is 10.6 Å². The minimum absolute atomic E-state index is 0.123. The fraction of sp³-hybridized carbons (Fsp3) is 0.440. The highest BCUT2D eigenvalue weighted by molar-refractivity contribution is 5.85. The molecule has 0 N–H and O–H groups in total. The van der Waals surface area contributed by atoms with E-state index in [1.54, 1.807) is 39.5 Å². The highest BCUT2D eigenvalue weighted by atomic mass is 19.4. The zero-order valence-corrected chi connectivity index (χ0v) is 19.9. The molecule has 3 heterocycles. The molecule has 7 nitrogen and oxygen atoms in total. The van der Waals surface area contributed by atoms with E-state index in [9.17, 15) is 18.0 Å². The van der Waals surface area contributed by atoms with Gasteiger partial charge in [0.05, 0.1) is 23.9 Å². The average molecular weight is 486 g/mol. The van der Waals surface area contributed by atoms with E-state index < -0.39 is 12.1 Å². The zero-order valence-electron chi connectivity index (χ0n) is 19.9. The Balaban J connectivity index is 1.74. The van der Waals surface area contributed by atoms with Crippen molar-refractivity contribution in [1.82, 2.24) is 24.5 Å². The number of hydrogen-bond donors (Lipinski definition) is 0. The third kappa shape index (κ3) is 5.18. The number of aryl methyl sites for hydroxylation is 2. The van der Waals surface area contributed by atoms with Gasteiger partial charge in [0.25, 0.3) is 0 Å². The molecule has 0 amide bonds. The highest BCUT2D eigenvalue weighted by Gasteiger charge is 2.40. The van der Waals surface area contributed by atoms with Crippen LogP contribution in [0.5, 0.6) is 0 Å². The van der Waals surface area contributed by atoms with E-state index >= 15 is 0 Å². The smallest absolute Gasteiger partial charge is 0.377 e. The number of pyridine rings is 1. The third-order valence-electron chi connectivity index (χ3n) is 6.26. The number of ether oxygens (including phenoxy) is 1. The summed E-state index contributed by atoms with van der Waals surface area (Å²) in [7, 11) is 3.27. The molecule has 35 heavy (non-hydrogen) atoms. The van der Waals surface area contributed by atoms with Crippen LogP contribution in [0.1, 0.15) is 61.0 Å². The number of fused-ring (bicyclic) bond motifs is 1. The van der Waals surface area contributed by atoms with Gasteiger partial charge in [-0.2, -0.15) is 13.2 Å². The summed E-state index contributed by atoms with van der Waals surface area (Å²) in [5.74, 6) is -1.31. The van der Waals surface area contributed by atoms with E-state index in [4.69, 9.17) is 9.72 Å². The maximum atomic E-state index is 13.3. The minimum Gasteiger partial charge on any atom is -0.377 e. The summed E-state index contributed by atoms with van der Waals surface area (Å²) < 4.78 is 47.1. The Morgan fingerprint density at radius 2 is 2.03 bits per heavy atom. The lowest BCUT2D eigenvalue weighted by Crippen LogP contribution is -2.19. The number of hydrogen-bond acceptors (Lipinski definition) is 6. The molecule has 0 saturated carbocycles. The van der Waals surface area contributed by atoms with Crippen molar-refractivity contribution in [2.24, 2.45) is 13.0 Å². The monoisotopic (exact) mass is 485 g/mol. The van der Waals surface area contributed by atoms with Gasteiger partial charge in [0, 0.05) is 37.9 Å². The van der Waals surface area contributed by atoms with Crippen LogP contribution in [-0.4, -0.2) is 37.8 Å². The molecular weight excluding hydrogens is 459 g/mol. The first-order chi connectivity index (χ1) is 16.6. The number of allylic oxidation sites excluding steroid dienone is 1. The fourth-order valence-electron chi connectivity index (χ4n) is 4.21. The quantitative estimate of drug-likeness (QED) is 0.447. The number of halogens is 3. The van der Waals surface area contributed by atoms with Gasteiger partial charge in [-0.25, -0.2) is 19.9 Å². The predicted octanol–water partition coefficient (Wildman–Crippen LogP) is 4.82. The average Bonchev–Trinajstić information content (AvgIpc) is 3.32. The van der Waals surface area contributed by atoms with E-state index in [0.29, 0.717) is 46.8 Å². The van der Waals surface area contributed by atoms with E-state index in [1.807, 2.05) is 6.92 Å². The molecule has 10 heteroatoms. The van der Waals surface area contributed by atoms with Crippen LogP contribution in [0.4, 0.5) is 13.2 Å². The molecular formula is C25H26F3N5O2. The standard InChI is InChI=1S/C25H26F3N5O2/c1-5-15(11-19(35-4)17-7-9-20(34)33(3)13-17)23-31-21(16-6-8-18(10-16)25(26,27)28)22-24(32-23)29-12-14(2)30-22/h7-9,12-13,15,18-19H,5,10-11H2,1-4H3/t15-,18?,19+/m0/s1. The number of nitrogens with zero attached hydrogens (tertiary/aromatic N) is 5. The first-order valence-electron chi connectivity index (χ1n) is 11.3. The summed E-state index contributed by atoms with van der Waals surface area (Å²) in [5.41, 5.74) is 5.47. The van der Waals surface area contributed by atoms with Crippen molar-refractivity contribution in [1.29, 1.82) is 0 Å². The maximum absolute atomic E-state index is 13.3. The third-order valence-corrected chi connectivity index (χ3v) is 6.26. The van der Waals surface area contributed by atoms with Crippen molar-refractivity contribution in [3.8, 4) is 0 Å². The summed E-state index contributed by atoms with van der Waals surface area (Å²) in [5, 5.41) is 0. The van der Waals surface area contributed by atoms with Gasteiger partial charge in [-0.05, 0) is 43.9 Å². The van der Waals surface area contributed by atoms with Crippen molar-refractivity contribution < 1.29 is 17.9 Å². The summed E-state index contributed by atoms with van der Waals surface area (Å²) in [6.45, 7) is 3.74. The predicted molar refractivity (Wildman–Crippen MR) is 125 cm³/mol. The molecule has 0 saturated heterocycles. The van der Waals surface area contributed by atoms with Crippen LogP contribution in [0.25, 0.3) is 16.7 Å². The van der Waals surface area contributed by atoms with Crippen LogP contribution in [0.2, 0.25) is 0 Å². The highest BCUT2D eigenvalue weighted by Crippen LogP contribution is 2.39. The van der Waals surface area contributed by atoms with Crippen LogP contribution >= 0.6 is 0 Å². The first kappa shape index (κ1) is 24.8. The molecule has 0 aliphatic heterocycles. The molecule has 0 spiro atoms. The summed E-state index contributed by atoms with van der Waals surface area (Å²) >= 11 is 0. The molecule has 4 rings (SSSR count). The second-order valence-electron chi connectivity index (χ2n) is 8.73. The minimum atomic E-state index is -4.35. The van der Waals surface area contributed by atoms with Crippen molar-refractivity contribution in [3.05, 3.63) is 69.5 Å². The number of aromatic nitrogens is 5. The molecule has 0 radical (unpaired) electrons. The van der Waals surface area contributed by atoms with Crippen LogP contribution in [0, 0.1) is 12.8 Å². The molecule has 3 atom stereocenters. The molecule has 0 bridgehead atoms. The molecule has 3 aromatic rings. The normalized spacial score (nSPS) is 17.6. The van der Waals surface area contributed by atoms with E-state index in [2.05, 4.69) is 20.7 Å². The summed E-state index contributed by atoms with van der Waals surface area (Å²) in [6.07, 6.45) is 0.587. The second kappa shape index (κ2) is 9.71. The second-order valence-corrected chi connectivity index (χ2v) is 8.73. The molecule has 3 aromatic heterocycles. The van der Waals surface area contributed by atoms with Crippen LogP contribution in [-0.2, 0) is 11.8 Å². The van der Waals surface area contributed by atoms with Gasteiger partial charge in [-0.15, -0.1) is 5.73 Å². The fourth-order valence-corrected chi connectivity index (χ4v) is 4.21. The Hall–Kier alpha value is -3.36. The van der Waals surface area contributed by atoms with Gasteiger partial charge in [0.2, 0.25) is 5.56 Å². The van der Waals surface area contributed by atoms with Crippen molar-refractivity contribution in [3.63, 3.8) is 0 Å². The first-order valence-corrected chi connectivity index (χ1v) is 11.3. The van der Waals surface area contributed by atoms with Gasteiger partial charge >= 0.3 is 6.18 Å². The zero-order chi connectivity index (χ0) is 25.3. The van der Waals surface area contributed by atoms with Crippen LogP contribution < -0.4 is 5.56 Å². The molecule has 0 aromatic carbocycles. The Bertz CT molecular complexity index is 1380. The number of methoxy groups -OCH3 is 1. The number of alkyl halides is 3. The Kier molecular flexibility index (Phi) is 6.87. The van der Waals surface area contributed by atoms with Crippen molar-refractivity contribution in [2.75, 3.05) is 7.11 Å². The Morgan fingerprint density at radius 3 is 2.66 bits per heavy atom. The molecule has 0 fully saturated rings. The molecule has 1 aliphatic rings. The molecule has 184 valence electrons. The Morgan fingerprint density at radius 1 is 1.26 bits per heavy atom.